The van der Waals surface area contributed by atoms with Crippen molar-refractivity contribution in [3.8, 4) is 10.6 Å². The zero-order valence-corrected chi connectivity index (χ0v) is 11.0. The highest BCUT2D eigenvalue weighted by Gasteiger charge is 2.19. The minimum absolute atomic E-state index is 0.0389. The minimum atomic E-state index is -1.39. The van der Waals surface area contributed by atoms with Crippen molar-refractivity contribution < 1.29 is 23.1 Å². The topological polar surface area (TPSA) is 50.2 Å². The van der Waals surface area contributed by atoms with Crippen LogP contribution in [0.5, 0.6) is 0 Å². The molecule has 3 aromatic rings. The predicted molar refractivity (Wildman–Crippen MR) is 71.9 cm³/mol. The van der Waals surface area contributed by atoms with Crippen LogP contribution in [0.3, 0.4) is 0 Å². The Hall–Kier alpha value is -2.41. The van der Waals surface area contributed by atoms with E-state index in [0.717, 1.165) is 17.4 Å². The molecule has 3 rings (SSSR count). The zero-order valence-electron chi connectivity index (χ0n) is 10.2. The molecule has 0 aliphatic rings. The molecule has 0 unspecified atom stereocenters. The molecule has 0 amide bonds. The van der Waals surface area contributed by atoms with Gasteiger partial charge in [-0.3, -0.25) is 0 Å². The molecule has 0 bridgehead atoms. The molecule has 0 atom stereocenters. The maximum atomic E-state index is 13.4. The summed E-state index contributed by atoms with van der Waals surface area (Å²) in [5, 5.41) is 9.28. The van der Waals surface area contributed by atoms with Crippen LogP contribution in [0, 0.1) is 17.5 Å². The molecular weight excluding hydrogens is 303 g/mol. The Morgan fingerprint density at radius 1 is 1.10 bits per heavy atom. The lowest BCUT2D eigenvalue weighted by atomic mass is 10.1. The first-order chi connectivity index (χ1) is 9.95. The van der Waals surface area contributed by atoms with E-state index in [2.05, 4.69) is 4.98 Å². The van der Waals surface area contributed by atoms with E-state index in [1.165, 1.54) is 18.2 Å². The van der Waals surface area contributed by atoms with Crippen LogP contribution >= 0.6 is 11.3 Å². The molecule has 0 fully saturated rings. The predicted octanol–water partition coefficient (Wildman–Crippen LogP) is 4.08. The van der Waals surface area contributed by atoms with Gasteiger partial charge in [0.05, 0.1) is 15.8 Å². The van der Waals surface area contributed by atoms with E-state index in [1.807, 2.05) is 0 Å². The highest BCUT2D eigenvalue weighted by atomic mass is 32.1. The van der Waals surface area contributed by atoms with Crippen LogP contribution in [0.4, 0.5) is 13.2 Å². The van der Waals surface area contributed by atoms with Crippen LogP contribution in [0.2, 0.25) is 0 Å². The number of halogens is 3. The summed E-state index contributed by atoms with van der Waals surface area (Å²) >= 11 is 1.07. The molecule has 2 aromatic carbocycles. The van der Waals surface area contributed by atoms with Crippen LogP contribution in [-0.4, -0.2) is 16.1 Å². The minimum Gasteiger partial charge on any atom is -0.478 e. The van der Waals surface area contributed by atoms with E-state index < -0.39 is 29.0 Å². The summed E-state index contributed by atoms with van der Waals surface area (Å²) in [4.78, 5) is 15.2. The molecule has 0 aliphatic carbocycles. The Bertz CT molecular complexity index is 876. The highest BCUT2D eigenvalue weighted by Crippen LogP contribution is 2.33. The number of thiazole rings is 1. The van der Waals surface area contributed by atoms with E-state index in [9.17, 15) is 18.0 Å². The van der Waals surface area contributed by atoms with Gasteiger partial charge >= 0.3 is 5.97 Å². The van der Waals surface area contributed by atoms with Gasteiger partial charge in [0.15, 0.2) is 11.6 Å². The zero-order chi connectivity index (χ0) is 15.1. The number of hydrogen-bond acceptors (Lipinski definition) is 3. The number of hydrogen-bond donors (Lipinski definition) is 1. The van der Waals surface area contributed by atoms with Crippen LogP contribution in [0.1, 0.15) is 10.4 Å². The van der Waals surface area contributed by atoms with Crippen molar-refractivity contribution in [3.05, 3.63) is 53.3 Å². The highest BCUT2D eigenvalue weighted by molar-refractivity contribution is 7.21. The van der Waals surface area contributed by atoms with Gasteiger partial charge in [0.1, 0.15) is 10.8 Å². The normalized spacial score (nSPS) is 11.0. The molecule has 0 saturated carbocycles. The maximum absolute atomic E-state index is 13.4. The second kappa shape index (κ2) is 4.85. The largest absolute Gasteiger partial charge is 0.478 e. The number of nitrogens with zero attached hydrogens (tertiary/aromatic N) is 1. The number of carboxylic acids is 1. The first-order valence-electron chi connectivity index (χ1n) is 5.74. The third kappa shape index (κ3) is 2.36. The summed E-state index contributed by atoms with van der Waals surface area (Å²) in [6.07, 6.45) is 0. The molecule has 1 N–H and O–H groups in total. The third-order valence-electron chi connectivity index (χ3n) is 2.87. The van der Waals surface area contributed by atoms with Crippen molar-refractivity contribution in [2.24, 2.45) is 0 Å². The Labute approximate surface area is 120 Å². The van der Waals surface area contributed by atoms with Gasteiger partial charge in [0.2, 0.25) is 0 Å². The van der Waals surface area contributed by atoms with Crippen molar-refractivity contribution >= 4 is 27.5 Å². The van der Waals surface area contributed by atoms with Gasteiger partial charge < -0.3 is 5.11 Å². The summed E-state index contributed by atoms with van der Waals surface area (Å²) in [6, 6.07) is 5.32. The molecule has 3 nitrogen and oxygen atoms in total. The van der Waals surface area contributed by atoms with Gasteiger partial charge in [-0.2, -0.15) is 0 Å². The van der Waals surface area contributed by atoms with Crippen LogP contribution in [0.25, 0.3) is 20.8 Å². The lowest BCUT2D eigenvalue weighted by molar-refractivity contribution is 0.0697. The standard InChI is InChI=1S/C14H6F3NO2S/c15-6-1-2-12-11(3-6)18-13(21-12)7-4-9(16)10(17)5-8(7)14(19)20/h1-5H,(H,19,20). The quantitative estimate of drug-likeness (QED) is 0.776. The van der Waals surface area contributed by atoms with Gasteiger partial charge in [-0.05, 0) is 24.3 Å². The van der Waals surface area contributed by atoms with E-state index >= 15 is 0 Å². The fourth-order valence-corrected chi connectivity index (χ4v) is 2.89. The second-order valence-corrected chi connectivity index (χ2v) is 5.28. The van der Waals surface area contributed by atoms with E-state index in [1.54, 1.807) is 0 Å². The Morgan fingerprint density at radius 3 is 2.52 bits per heavy atom. The van der Waals surface area contributed by atoms with Crippen molar-refractivity contribution in [3.63, 3.8) is 0 Å². The van der Waals surface area contributed by atoms with Gasteiger partial charge in [0, 0.05) is 11.6 Å². The van der Waals surface area contributed by atoms with E-state index in [4.69, 9.17) is 5.11 Å². The van der Waals surface area contributed by atoms with Gasteiger partial charge in [-0.15, -0.1) is 11.3 Å². The van der Waals surface area contributed by atoms with E-state index in [0.29, 0.717) is 16.3 Å². The molecule has 0 spiro atoms. The summed E-state index contributed by atoms with van der Waals surface area (Å²) in [5.74, 6) is -4.29. The van der Waals surface area contributed by atoms with Crippen LogP contribution in [0.15, 0.2) is 30.3 Å². The SMILES string of the molecule is O=C(O)c1cc(F)c(F)cc1-c1nc2cc(F)ccc2s1. The molecule has 1 aromatic heterocycles. The van der Waals surface area contributed by atoms with Crippen molar-refractivity contribution in [1.29, 1.82) is 0 Å². The van der Waals surface area contributed by atoms with Gasteiger partial charge in [-0.1, -0.05) is 0 Å². The number of fused-ring (bicyclic) bond motifs is 1. The average molecular weight is 309 g/mol. The fraction of sp³-hybridized carbons (Fsp3) is 0. The Morgan fingerprint density at radius 2 is 1.81 bits per heavy atom. The Kier molecular flexibility index (Phi) is 3.13. The van der Waals surface area contributed by atoms with E-state index in [-0.39, 0.29) is 10.6 Å². The molecule has 0 aliphatic heterocycles. The summed E-state index contributed by atoms with van der Waals surface area (Å²) in [5.41, 5.74) is -0.104. The second-order valence-electron chi connectivity index (χ2n) is 4.25. The third-order valence-corrected chi connectivity index (χ3v) is 3.94. The van der Waals surface area contributed by atoms with Crippen LogP contribution < -0.4 is 0 Å². The average Bonchev–Trinajstić information content (AvgIpc) is 2.83. The van der Waals surface area contributed by atoms with Crippen molar-refractivity contribution in [2.75, 3.05) is 0 Å². The lowest BCUT2D eigenvalue weighted by Crippen LogP contribution is -2.02. The fourth-order valence-electron chi connectivity index (χ4n) is 1.92. The first kappa shape index (κ1) is 13.6. The molecule has 106 valence electrons. The molecule has 7 heteroatoms. The molecular formula is C14H6F3NO2S. The van der Waals surface area contributed by atoms with Gasteiger partial charge in [-0.25, -0.2) is 22.9 Å². The number of aromatic nitrogens is 1. The summed E-state index contributed by atoms with van der Waals surface area (Å²) in [6.45, 7) is 0. The molecule has 0 saturated heterocycles. The number of carbonyl (C=O) groups is 1. The first-order valence-corrected chi connectivity index (χ1v) is 6.56. The van der Waals surface area contributed by atoms with Gasteiger partial charge in [0.25, 0.3) is 0 Å². The number of aromatic carboxylic acids is 1. The summed E-state index contributed by atoms with van der Waals surface area (Å²) in [7, 11) is 0. The van der Waals surface area contributed by atoms with Crippen molar-refractivity contribution in [1.82, 2.24) is 4.98 Å². The monoisotopic (exact) mass is 309 g/mol. The smallest absolute Gasteiger partial charge is 0.336 e. The molecule has 1 heterocycles. The number of benzene rings is 2. The lowest BCUT2D eigenvalue weighted by Gasteiger charge is -2.03. The molecule has 0 radical (unpaired) electrons. The Balaban J connectivity index is 2.26. The van der Waals surface area contributed by atoms with Crippen LogP contribution in [-0.2, 0) is 0 Å². The van der Waals surface area contributed by atoms with Crippen molar-refractivity contribution in [2.45, 2.75) is 0 Å². The number of carboxylic acid groups (broad SMARTS) is 1. The summed E-state index contributed by atoms with van der Waals surface area (Å²) < 4.78 is 40.3. The number of rotatable bonds is 2. The molecule has 21 heavy (non-hydrogen) atoms. The maximum Gasteiger partial charge on any atom is 0.336 e.